The molecule has 0 aliphatic rings. The Hall–Kier alpha value is -2.96. The van der Waals surface area contributed by atoms with Gasteiger partial charge >= 0.3 is 18.7 Å². The number of hydrogen-bond acceptors (Lipinski definition) is 3. The summed E-state index contributed by atoms with van der Waals surface area (Å²) in [4.78, 5) is 0. The molecule has 0 saturated heterocycles. The molecule has 0 aliphatic carbocycles. The topological polar surface area (TPSA) is 41.5 Å². The van der Waals surface area contributed by atoms with Crippen LogP contribution in [0, 0.1) is 11.6 Å². The van der Waals surface area contributed by atoms with Crippen LogP contribution in [0.1, 0.15) is 22.3 Å². The van der Waals surface area contributed by atoms with Gasteiger partial charge in [-0.3, -0.25) is 0 Å². The van der Waals surface area contributed by atoms with Crippen molar-refractivity contribution in [2.75, 3.05) is 12.4 Å². The van der Waals surface area contributed by atoms with Crippen molar-refractivity contribution in [2.45, 2.75) is 36.8 Å². The van der Waals surface area contributed by atoms with Gasteiger partial charge in [-0.2, -0.15) is 30.7 Å². The van der Waals surface area contributed by atoms with E-state index in [9.17, 15) is 44.6 Å². The third-order valence-electron chi connectivity index (χ3n) is 5.77. The van der Waals surface area contributed by atoms with E-state index in [1.165, 1.54) is 0 Å². The molecule has 3 rings (SSSR count). The van der Waals surface area contributed by atoms with Crippen molar-refractivity contribution in [3.8, 4) is 5.75 Å². The summed E-state index contributed by atoms with van der Waals surface area (Å²) >= 11 is 5.67. The molecule has 0 bridgehead atoms. The normalized spacial score (nSPS) is 14.8. The number of aliphatic hydroxyl groups is 1. The van der Waals surface area contributed by atoms with Crippen LogP contribution in [0.4, 0.5) is 39.5 Å². The first kappa shape index (κ1) is 30.6. The summed E-state index contributed by atoms with van der Waals surface area (Å²) in [6.07, 6.45) is -16.0. The average Bonchev–Trinajstić information content (AvgIpc) is 2.85. The molecule has 0 aliphatic heterocycles. The molecule has 3 aromatic rings. The van der Waals surface area contributed by atoms with Crippen molar-refractivity contribution in [1.29, 1.82) is 0 Å². The monoisotopic (exact) mass is 585 g/mol. The molecule has 0 radical (unpaired) electrons. The van der Waals surface area contributed by atoms with Gasteiger partial charge in [0.2, 0.25) is 0 Å². The number of aliphatic hydroxyl groups excluding tert-OH is 1. The highest BCUT2D eigenvalue weighted by Crippen LogP contribution is 2.40. The molecule has 0 amide bonds. The predicted octanol–water partition coefficient (Wildman–Crippen LogP) is 6.90. The van der Waals surface area contributed by atoms with Crippen LogP contribution in [-0.2, 0) is 18.1 Å². The predicted molar refractivity (Wildman–Crippen MR) is 125 cm³/mol. The molecular formula is C26H21ClF9NO2. The highest BCUT2D eigenvalue weighted by atomic mass is 35.5. The van der Waals surface area contributed by atoms with E-state index in [1.54, 1.807) is 30.3 Å². The fourth-order valence-electron chi connectivity index (χ4n) is 3.96. The van der Waals surface area contributed by atoms with Crippen molar-refractivity contribution in [3.63, 3.8) is 0 Å². The third-order valence-corrected chi connectivity index (χ3v) is 6.12. The molecule has 0 heterocycles. The van der Waals surface area contributed by atoms with E-state index < -0.39 is 59.8 Å². The maximum atomic E-state index is 14.7. The molecule has 0 spiro atoms. The lowest BCUT2D eigenvalue weighted by molar-refractivity contribution is -0.253. The second kappa shape index (κ2) is 12.1. The molecule has 0 unspecified atom stereocenters. The van der Waals surface area contributed by atoms with Crippen molar-refractivity contribution in [3.05, 3.63) is 101 Å². The molecule has 212 valence electrons. The van der Waals surface area contributed by atoms with Crippen LogP contribution in [0.3, 0.4) is 0 Å². The zero-order chi connectivity index (χ0) is 29.0. The average molecular weight is 586 g/mol. The summed E-state index contributed by atoms with van der Waals surface area (Å²) in [5, 5.41) is 12.9. The Bertz CT molecular complexity index is 1260. The van der Waals surface area contributed by atoms with Crippen LogP contribution < -0.4 is 10.1 Å². The second-order valence-electron chi connectivity index (χ2n) is 8.59. The van der Waals surface area contributed by atoms with Gasteiger partial charge < -0.3 is 15.2 Å². The first-order valence-electron chi connectivity index (χ1n) is 11.2. The molecule has 13 heteroatoms. The highest BCUT2D eigenvalue weighted by Gasteiger charge is 2.45. The van der Waals surface area contributed by atoms with Crippen molar-refractivity contribution in [1.82, 2.24) is 5.32 Å². The fourth-order valence-corrected chi connectivity index (χ4v) is 4.07. The minimum Gasteiger partial charge on any atom is -0.428 e. The molecule has 39 heavy (non-hydrogen) atoms. The second-order valence-corrected chi connectivity index (χ2v) is 8.90. The maximum Gasteiger partial charge on any atom is 0.461 e. The number of ether oxygens (including phenoxy) is 1. The van der Waals surface area contributed by atoms with E-state index >= 15 is 0 Å². The third kappa shape index (κ3) is 7.37. The Morgan fingerprint density at radius 3 is 2.13 bits per heavy atom. The standard InChI is InChI=1S/C26H21ClF9NO2/c27-13-19(38)14-37-24(12-15-4-2-1-3-5-15,16-6-7-22(29)21(10-16)25(32,33)34)17-8-18(28)11-20(9-17)39-26(35,36)23(30)31/h1-11,19,23,37-38H,12-14H2/t19-,24-/m1/s1. The Morgan fingerprint density at radius 2 is 1.54 bits per heavy atom. The molecule has 0 fully saturated rings. The summed E-state index contributed by atoms with van der Waals surface area (Å²) in [6, 6.07) is 11.8. The zero-order valence-electron chi connectivity index (χ0n) is 19.8. The number of nitrogens with one attached hydrogen (secondary N) is 1. The fraction of sp³-hybridized carbons (Fsp3) is 0.308. The lowest BCUT2D eigenvalue weighted by Crippen LogP contribution is -2.49. The number of halogens is 10. The maximum absolute atomic E-state index is 14.7. The van der Waals surface area contributed by atoms with Crippen molar-refractivity contribution < 1.29 is 49.4 Å². The smallest absolute Gasteiger partial charge is 0.428 e. The van der Waals surface area contributed by atoms with Gasteiger partial charge in [0.1, 0.15) is 17.4 Å². The number of hydrogen-bond donors (Lipinski definition) is 2. The number of alkyl halides is 8. The highest BCUT2D eigenvalue weighted by molar-refractivity contribution is 6.18. The van der Waals surface area contributed by atoms with Gasteiger partial charge in [0.15, 0.2) is 0 Å². The van der Waals surface area contributed by atoms with E-state index in [-0.39, 0.29) is 23.4 Å². The van der Waals surface area contributed by atoms with Gasteiger partial charge in [0.25, 0.3) is 0 Å². The Balaban J connectivity index is 2.33. The van der Waals surface area contributed by atoms with Gasteiger partial charge in [-0.25, -0.2) is 8.78 Å². The van der Waals surface area contributed by atoms with Gasteiger partial charge in [-0.1, -0.05) is 36.4 Å². The summed E-state index contributed by atoms with van der Waals surface area (Å²) in [5.74, 6) is -4.24. The molecular weight excluding hydrogens is 565 g/mol. The molecule has 3 aromatic carbocycles. The molecule has 2 atom stereocenters. The summed E-state index contributed by atoms with van der Waals surface area (Å²) in [6.45, 7) is -0.408. The lowest BCUT2D eigenvalue weighted by Gasteiger charge is -2.38. The number of benzene rings is 3. The number of rotatable bonds is 11. The summed E-state index contributed by atoms with van der Waals surface area (Å²) in [5.41, 5.74) is -3.85. The molecule has 2 N–H and O–H groups in total. The van der Waals surface area contributed by atoms with Crippen LogP contribution >= 0.6 is 11.6 Å². The van der Waals surface area contributed by atoms with Crippen LogP contribution in [0.2, 0.25) is 0 Å². The van der Waals surface area contributed by atoms with Crippen LogP contribution in [-0.4, -0.2) is 36.2 Å². The van der Waals surface area contributed by atoms with Gasteiger partial charge in [-0.05, 0) is 47.4 Å². The first-order chi connectivity index (χ1) is 18.2. The molecule has 0 aromatic heterocycles. The first-order valence-corrected chi connectivity index (χ1v) is 11.8. The Morgan fingerprint density at radius 1 is 0.872 bits per heavy atom. The van der Waals surface area contributed by atoms with Crippen molar-refractivity contribution >= 4 is 11.6 Å². The van der Waals surface area contributed by atoms with Crippen LogP contribution in [0.15, 0.2) is 66.7 Å². The Labute approximate surface area is 222 Å². The zero-order valence-corrected chi connectivity index (χ0v) is 20.5. The SMILES string of the molecule is O[C@H](CCl)CN[C@@](Cc1ccccc1)(c1cc(F)cc(OC(F)(F)C(F)F)c1)c1ccc(F)c(C(F)(F)F)c1. The van der Waals surface area contributed by atoms with Crippen molar-refractivity contribution in [2.24, 2.45) is 0 Å². The van der Waals surface area contributed by atoms with Crippen LogP contribution in [0.25, 0.3) is 0 Å². The van der Waals surface area contributed by atoms with E-state index in [2.05, 4.69) is 10.1 Å². The summed E-state index contributed by atoms with van der Waals surface area (Å²) in [7, 11) is 0. The van der Waals surface area contributed by atoms with Gasteiger partial charge in [-0.15, -0.1) is 11.6 Å². The molecule has 0 saturated carbocycles. The van der Waals surface area contributed by atoms with E-state index in [0.29, 0.717) is 23.8 Å². The summed E-state index contributed by atoms with van der Waals surface area (Å²) < 4.78 is 127. The largest absolute Gasteiger partial charge is 0.461 e. The van der Waals surface area contributed by atoms with Crippen LogP contribution in [0.5, 0.6) is 5.75 Å². The van der Waals surface area contributed by atoms with E-state index in [1.807, 2.05) is 0 Å². The van der Waals surface area contributed by atoms with Gasteiger partial charge in [0, 0.05) is 18.5 Å². The van der Waals surface area contributed by atoms with E-state index in [4.69, 9.17) is 11.6 Å². The molecule has 3 nitrogen and oxygen atoms in total. The lowest BCUT2D eigenvalue weighted by atomic mass is 9.77. The quantitative estimate of drug-likeness (QED) is 0.190. The minimum absolute atomic E-state index is 0.292. The minimum atomic E-state index is -5.15. The van der Waals surface area contributed by atoms with E-state index in [0.717, 1.165) is 18.2 Å². The Kier molecular flexibility index (Phi) is 9.45. The van der Waals surface area contributed by atoms with Gasteiger partial charge in [0.05, 0.1) is 17.2 Å².